The number of fused-ring (bicyclic) bond motifs is 1. The third-order valence-corrected chi connectivity index (χ3v) is 4.26. The summed E-state index contributed by atoms with van der Waals surface area (Å²) in [5.41, 5.74) is 1.04. The Morgan fingerprint density at radius 3 is 2.86 bits per heavy atom. The number of amides is 1. The van der Waals surface area contributed by atoms with Crippen LogP contribution in [0.3, 0.4) is 0 Å². The van der Waals surface area contributed by atoms with Gasteiger partial charge in [-0.05, 0) is 45.2 Å². The van der Waals surface area contributed by atoms with Crippen LogP contribution in [0.25, 0.3) is 0 Å². The molecule has 1 aliphatic heterocycles. The molecule has 0 saturated heterocycles. The van der Waals surface area contributed by atoms with E-state index in [0.717, 1.165) is 30.8 Å². The van der Waals surface area contributed by atoms with Crippen molar-refractivity contribution in [3.8, 4) is 0 Å². The number of carbonyl (C=O) groups is 1. The summed E-state index contributed by atoms with van der Waals surface area (Å²) in [4.78, 5) is 18.8. The smallest absolute Gasteiger partial charge is 0.228 e. The minimum atomic E-state index is 0.178. The molecule has 22 heavy (non-hydrogen) atoms. The second kappa shape index (κ2) is 6.30. The van der Waals surface area contributed by atoms with Gasteiger partial charge in [-0.1, -0.05) is 6.07 Å². The zero-order valence-electron chi connectivity index (χ0n) is 13.1. The fourth-order valence-corrected chi connectivity index (χ4v) is 3.22. The molecule has 0 bridgehead atoms. The first kappa shape index (κ1) is 14.8. The lowest BCUT2D eigenvalue weighted by molar-refractivity contribution is -0.119. The number of rotatable bonds is 4. The van der Waals surface area contributed by atoms with E-state index in [0.29, 0.717) is 12.5 Å². The van der Waals surface area contributed by atoms with Gasteiger partial charge >= 0.3 is 0 Å². The van der Waals surface area contributed by atoms with E-state index >= 15 is 0 Å². The molecule has 1 amide bonds. The highest BCUT2D eigenvalue weighted by Gasteiger charge is 2.31. The van der Waals surface area contributed by atoms with Crippen LogP contribution in [0.5, 0.6) is 0 Å². The van der Waals surface area contributed by atoms with Gasteiger partial charge in [0.1, 0.15) is 5.82 Å². The predicted molar refractivity (Wildman–Crippen MR) is 85.7 cm³/mol. The SMILES string of the molecule is C[C@H]1C[C@H](C)n2nccc2N1C(=O)CCCc1ccccn1. The van der Waals surface area contributed by atoms with E-state index in [4.69, 9.17) is 0 Å². The number of aromatic nitrogens is 3. The topological polar surface area (TPSA) is 51.0 Å². The molecule has 2 aromatic rings. The van der Waals surface area contributed by atoms with Crippen molar-refractivity contribution < 1.29 is 4.79 Å². The molecule has 3 rings (SSSR count). The molecule has 116 valence electrons. The molecule has 0 spiro atoms. The monoisotopic (exact) mass is 298 g/mol. The van der Waals surface area contributed by atoms with Crippen molar-refractivity contribution in [2.75, 3.05) is 4.90 Å². The predicted octanol–water partition coefficient (Wildman–Crippen LogP) is 2.99. The molecule has 3 heterocycles. The summed E-state index contributed by atoms with van der Waals surface area (Å²) in [6.07, 6.45) is 6.72. The molecule has 0 radical (unpaired) electrons. The molecule has 5 heteroatoms. The summed E-state index contributed by atoms with van der Waals surface area (Å²) in [6, 6.07) is 8.40. The second-order valence-electron chi connectivity index (χ2n) is 6.01. The van der Waals surface area contributed by atoms with Gasteiger partial charge in [0, 0.05) is 30.4 Å². The fourth-order valence-electron chi connectivity index (χ4n) is 3.22. The number of hydrogen-bond acceptors (Lipinski definition) is 3. The van der Waals surface area contributed by atoms with Crippen LogP contribution in [0, 0.1) is 0 Å². The van der Waals surface area contributed by atoms with Crippen LogP contribution in [0.1, 0.15) is 44.8 Å². The summed E-state index contributed by atoms with van der Waals surface area (Å²) in [6.45, 7) is 4.26. The molecule has 2 aromatic heterocycles. The first-order chi connectivity index (χ1) is 10.7. The third-order valence-electron chi connectivity index (χ3n) is 4.26. The largest absolute Gasteiger partial charge is 0.294 e. The van der Waals surface area contributed by atoms with Crippen LogP contribution >= 0.6 is 0 Å². The van der Waals surface area contributed by atoms with E-state index in [2.05, 4.69) is 23.9 Å². The summed E-state index contributed by atoms with van der Waals surface area (Å²) in [5, 5.41) is 4.35. The summed E-state index contributed by atoms with van der Waals surface area (Å²) >= 11 is 0. The molecular formula is C17H22N4O. The van der Waals surface area contributed by atoms with E-state index in [1.807, 2.05) is 33.8 Å². The lowest BCUT2D eigenvalue weighted by Crippen LogP contribution is -2.44. The van der Waals surface area contributed by atoms with Crippen molar-refractivity contribution in [1.29, 1.82) is 0 Å². The van der Waals surface area contributed by atoms with Gasteiger partial charge in [0.25, 0.3) is 0 Å². The van der Waals surface area contributed by atoms with Gasteiger partial charge in [0.2, 0.25) is 5.91 Å². The lowest BCUT2D eigenvalue weighted by atomic mass is 10.0. The molecular weight excluding hydrogens is 276 g/mol. The molecule has 0 unspecified atom stereocenters. The Labute approximate surface area is 131 Å². The van der Waals surface area contributed by atoms with Crippen molar-refractivity contribution >= 4 is 11.7 Å². The molecule has 0 fully saturated rings. The lowest BCUT2D eigenvalue weighted by Gasteiger charge is -2.37. The Hall–Kier alpha value is -2.17. The third kappa shape index (κ3) is 2.89. The zero-order valence-corrected chi connectivity index (χ0v) is 13.1. The second-order valence-corrected chi connectivity index (χ2v) is 6.01. The molecule has 0 aliphatic carbocycles. The van der Waals surface area contributed by atoms with Gasteiger partial charge in [-0.15, -0.1) is 0 Å². The van der Waals surface area contributed by atoms with Crippen LogP contribution in [0.4, 0.5) is 5.82 Å². The molecule has 0 saturated carbocycles. The number of aryl methyl sites for hydroxylation is 1. The van der Waals surface area contributed by atoms with E-state index in [9.17, 15) is 4.79 Å². The van der Waals surface area contributed by atoms with Gasteiger partial charge in [-0.2, -0.15) is 5.10 Å². The quantitative estimate of drug-likeness (QED) is 0.872. The number of carbonyl (C=O) groups excluding carboxylic acids is 1. The highest BCUT2D eigenvalue weighted by Crippen LogP contribution is 2.31. The average Bonchev–Trinajstić information content (AvgIpc) is 2.98. The Balaban J connectivity index is 1.64. The van der Waals surface area contributed by atoms with Gasteiger partial charge < -0.3 is 0 Å². The van der Waals surface area contributed by atoms with Gasteiger partial charge in [0.05, 0.1) is 12.2 Å². The van der Waals surface area contributed by atoms with Gasteiger partial charge in [0.15, 0.2) is 0 Å². The standard InChI is InChI=1S/C17H22N4O/c1-13-12-14(2)21-16(9-11-19-21)20(13)17(22)8-5-7-15-6-3-4-10-18-15/h3-4,6,9-11,13-14H,5,7-8,12H2,1-2H3/t13-,14-/m0/s1. The van der Waals surface area contributed by atoms with Crippen molar-refractivity contribution in [2.45, 2.75) is 51.6 Å². The summed E-state index contributed by atoms with van der Waals surface area (Å²) < 4.78 is 1.96. The summed E-state index contributed by atoms with van der Waals surface area (Å²) in [7, 11) is 0. The van der Waals surface area contributed by atoms with E-state index in [-0.39, 0.29) is 11.9 Å². The average molecular weight is 298 g/mol. The van der Waals surface area contributed by atoms with Crippen molar-refractivity contribution in [3.63, 3.8) is 0 Å². The number of anilines is 1. The number of pyridine rings is 1. The number of nitrogens with zero attached hydrogens (tertiary/aromatic N) is 4. The maximum absolute atomic E-state index is 12.6. The zero-order chi connectivity index (χ0) is 15.5. The van der Waals surface area contributed by atoms with Crippen LogP contribution in [0.15, 0.2) is 36.7 Å². The normalized spacial score (nSPS) is 20.7. The molecule has 0 N–H and O–H groups in total. The van der Waals surface area contributed by atoms with Crippen molar-refractivity contribution in [3.05, 3.63) is 42.4 Å². The molecule has 1 aliphatic rings. The highest BCUT2D eigenvalue weighted by atomic mass is 16.2. The first-order valence-electron chi connectivity index (χ1n) is 7.92. The number of hydrogen-bond donors (Lipinski definition) is 0. The fraction of sp³-hybridized carbons (Fsp3) is 0.471. The van der Waals surface area contributed by atoms with Gasteiger partial charge in [-0.3, -0.25) is 14.7 Å². The first-order valence-corrected chi connectivity index (χ1v) is 7.92. The highest BCUT2D eigenvalue weighted by molar-refractivity contribution is 5.93. The van der Waals surface area contributed by atoms with Gasteiger partial charge in [-0.25, -0.2) is 4.68 Å². The van der Waals surface area contributed by atoms with Crippen LogP contribution in [-0.4, -0.2) is 26.7 Å². The van der Waals surface area contributed by atoms with Crippen molar-refractivity contribution in [2.24, 2.45) is 0 Å². The Morgan fingerprint density at radius 1 is 1.23 bits per heavy atom. The molecule has 2 atom stereocenters. The Kier molecular flexibility index (Phi) is 4.22. The minimum absolute atomic E-state index is 0.178. The van der Waals surface area contributed by atoms with E-state index in [1.54, 1.807) is 12.4 Å². The maximum atomic E-state index is 12.6. The maximum Gasteiger partial charge on any atom is 0.228 e. The van der Waals surface area contributed by atoms with E-state index in [1.165, 1.54) is 0 Å². The van der Waals surface area contributed by atoms with Crippen LogP contribution < -0.4 is 4.90 Å². The minimum Gasteiger partial charge on any atom is -0.294 e. The Morgan fingerprint density at radius 2 is 2.09 bits per heavy atom. The van der Waals surface area contributed by atoms with Crippen molar-refractivity contribution in [1.82, 2.24) is 14.8 Å². The molecule has 5 nitrogen and oxygen atoms in total. The summed E-state index contributed by atoms with van der Waals surface area (Å²) in [5.74, 6) is 1.10. The van der Waals surface area contributed by atoms with Crippen LogP contribution in [0.2, 0.25) is 0 Å². The molecule has 0 aromatic carbocycles. The van der Waals surface area contributed by atoms with Crippen LogP contribution in [-0.2, 0) is 11.2 Å². The van der Waals surface area contributed by atoms with E-state index < -0.39 is 0 Å². The Bertz CT molecular complexity index is 637.